The number of hydrogen-bond donors (Lipinski definition) is 0. The molecule has 0 spiro atoms. The van der Waals surface area contributed by atoms with Crippen molar-refractivity contribution in [1.29, 1.82) is 0 Å². The molecule has 2 fully saturated rings. The number of rotatable bonds is 8. The molecule has 0 unspecified atom stereocenters. The summed E-state index contributed by atoms with van der Waals surface area (Å²) in [6, 6.07) is 14.0. The molecule has 1 aliphatic heterocycles. The molecule has 184 valence electrons. The Kier molecular flexibility index (Phi) is 6.63. The summed E-state index contributed by atoms with van der Waals surface area (Å²) in [5, 5.41) is 4.61. The lowest BCUT2D eigenvalue weighted by atomic mass is 10.1. The van der Waals surface area contributed by atoms with Gasteiger partial charge in [0.25, 0.3) is 5.91 Å². The van der Waals surface area contributed by atoms with Gasteiger partial charge in [0.15, 0.2) is 11.5 Å². The Labute approximate surface area is 206 Å². The summed E-state index contributed by atoms with van der Waals surface area (Å²) in [5.74, 6) is 2.43. The third-order valence-electron chi connectivity index (χ3n) is 6.84. The number of amides is 1. The highest BCUT2D eigenvalue weighted by Crippen LogP contribution is 2.43. The lowest BCUT2D eigenvalue weighted by Gasteiger charge is -2.35. The molecule has 1 amide bonds. The number of ether oxygens (including phenoxy) is 3. The minimum Gasteiger partial charge on any atom is -0.493 e. The van der Waals surface area contributed by atoms with Gasteiger partial charge in [0, 0.05) is 44.2 Å². The molecule has 3 aromatic rings. The smallest absolute Gasteiger partial charge is 0.257 e. The van der Waals surface area contributed by atoms with Crippen LogP contribution in [0.4, 0.5) is 0 Å². The van der Waals surface area contributed by atoms with E-state index in [4.69, 9.17) is 14.2 Å². The number of benzene rings is 2. The van der Waals surface area contributed by atoms with Crippen LogP contribution >= 0.6 is 0 Å². The molecule has 8 heteroatoms. The molecule has 0 radical (unpaired) electrons. The minimum atomic E-state index is 0.0810. The number of para-hydroxylation sites is 1. The first-order chi connectivity index (χ1) is 17.1. The molecule has 2 aliphatic rings. The van der Waals surface area contributed by atoms with E-state index in [2.05, 4.69) is 10.00 Å². The van der Waals surface area contributed by atoms with Gasteiger partial charge in [-0.3, -0.25) is 9.69 Å². The summed E-state index contributed by atoms with van der Waals surface area (Å²) in [5.41, 5.74) is 3.83. The number of nitrogens with zero attached hydrogens (tertiary/aromatic N) is 4. The van der Waals surface area contributed by atoms with Gasteiger partial charge in [0.1, 0.15) is 0 Å². The first kappa shape index (κ1) is 23.2. The van der Waals surface area contributed by atoms with Gasteiger partial charge in [0.2, 0.25) is 5.75 Å². The molecule has 0 N–H and O–H groups in total. The summed E-state index contributed by atoms with van der Waals surface area (Å²) in [6.07, 6.45) is 3.98. The monoisotopic (exact) mass is 476 g/mol. The third-order valence-corrected chi connectivity index (χ3v) is 6.84. The Bertz CT molecular complexity index is 1180. The second-order valence-corrected chi connectivity index (χ2v) is 9.03. The topological polar surface area (TPSA) is 69.1 Å². The number of methoxy groups -OCH3 is 3. The molecular formula is C27H32N4O4. The largest absolute Gasteiger partial charge is 0.493 e. The van der Waals surface area contributed by atoms with Crippen LogP contribution in [0.15, 0.2) is 48.7 Å². The molecule has 0 bridgehead atoms. The zero-order chi connectivity index (χ0) is 24.4. The van der Waals surface area contributed by atoms with Crippen LogP contribution in [0.3, 0.4) is 0 Å². The van der Waals surface area contributed by atoms with Gasteiger partial charge in [-0.15, -0.1) is 0 Å². The summed E-state index contributed by atoms with van der Waals surface area (Å²) < 4.78 is 18.5. The Morgan fingerprint density at radius 2 is 1.63 bits per heavy atom. The lowest BCUT2D eigenvalue weighted by Crippen LogP contribution is -2.48. The maximum atomic E-state index is 13.5. The Morgan fingerprint density at radius 3 is 2.26 bits per heavy atom. The molecule has 2 heterocycles. The highest BCUT2D eigenvalue weighted by Gasteiger charge is 2.35. The molecular weight excluding hydrogens is 444 g/mol. The molecule has 1 saturated heterocycles. The molecule has 35 heavy (non-hydrogen) atoms. The van der Waals surface area contributed by atoms with Crippen molar-refractivity contribution in [3.8, 4) is 22.9 Å². The summed E-state index contributed by atoms with van der Waals surface area (Å²) in [6.45, 7) is 3.64. The number of aromatic nitrogens is 2. The average molecular weight is 477 g/mol. The van der Waals surface area contributed by atoms with Crippen molar-refractivity contribution in [2.75, 3.05) is 47.5 Å². The molecule has 5 rings (SSSR count). The molecule has 0 atom stereocenters. The van der Waals surface area contributed by atoms with E-state index in [0.29, 0.717) is 42.8 Å². The van der Waals surface area contributed by atoms with Crippen molar-refractivity contribution >= 4 is 5.91 Å². The fraction of sp³-hybridized carbons (Fsp3) is 0.407. The van der Waals surface area contributed by atoms with Crippen molar-refractivity contribution in [3.05, 3.63) is 65.5 Å². The summed E-state index contributed by atoms with van der Waals surface area (Å²) in [4.78, 5) is 17.8. The molecule has 1 aliphatic carbocycles. The minimum absolute atomic E-state index is 0.0810. The molecule has 1 aromatic heterocycles. The molecule has 1 saturated carbocycles. The van der Waals surface area contributed by atoms with E-state index in [1.54, 1.807) is 27.5 Å². The predicted octanol–water partition coefficient (Wildman–Crippen LogP) is 3.73. The van der Waals surface area contributed by atoms with Gasteiger partial charge < -0.3 is 19.1 Å². The zero-order valence-corrected chi connectivity index (χ0v) is 20.6. The normalized spacial score (nSPS) is 16.3. The van der Waals surface area contributed by atoms with Gasteiger partial charge in [-0.1, -0.05) is 24.3 Å². The van der Waals surface area contributed by atoms with Crippen LogP contribution in [0.25, 0.3) is 5.69 Å². The third kappa shape index (κ3) is 4.58. The Morgan fingerprint density at radius 1 is 0.914 bits per heavy atom. The Hall–Kier alpha value is -3.52. The summed E-state index contributed by atoms with van der Waals surface area (Å²) >= 11 is 0. The van der Waals surface area contributed by atoms with Crippen LogP contribution in [-0.2, 0) is 6.54 Å². The summed E-state index contributed by atoms with van der Waals surface area (Å²) in [7, 11) is 4.88. The van der Waals surface area contributed by atoms with E-state index in [1.165, 1.54) is 0 Å². The van der Waals surface area contributed by atoms with E-state index >= 15 is 0 Å². The van der Waals surface area contributed by atoms with E-state index in [0.717, 1.165) is 48.4 Å². The van der Waals surface area contributed by atoms with Crippen LogP contribution in [-0.4, -0.2) is 73.0 Å². The van der Waals surface area contributed by atoms with Crippen molar-refractivity contribution in [2.24, 2.45) is 0 Å². The number of carbonyl (C=O) groups excluding carboxylic acids is 1. The van der Waals surface area contributed by atoms with Crippen molar-refractivity contribution in [1.82, 2.24) is 19.6 Å². The van der Waals surface area contributed by atoms with Gasteiger partial charge in [0.05, 0.1) is 44.5 Å². The maximum absolute atomic E-state index is 13.5. The lowest BCUT2D eigenvalue weighted by molar-refractivity contribution is 0.0626. The number of hydrogen-bond acceptors (Lipinski definition) is 6. The number of piperazine rings is 1. The highest BCUT2D eigenvalue weighted by atomic mass is 16.5. The van der Waals surface area contributed by atoms with Crippen LogP contribution in [0.2, 0.25) is 0 Å². The second kappa shape index (κ2) is 10.00. The van der Waals surface area contributed by atoms with Crippen molar-refractivity contribution in [2.45, 2.75) is 25.3 Å². The predicted molar refractivity (Wildman–Crippen MR) is 133 cm³/mol. The maximum Gasteiger partial charge on any atom is 0.257 e. The van der Waals surface area contributed by atoms with E-state index in [-0.39, 0.29) is 5.91 Å². The van der Waals surface area contributed by atoms with Crippen molar-refractivity contribution in [3.63, 3.8) is 0 Å². The highest BCUT2D eigenvalue weighted by molar-refractivity contribution is 5.95. The fourth-order valence-corrected chi connectivity index (χ4v) is 4.86. The first-order valence-corrected chi connectivity index (χ1v) is 12.1. The van der Waals surface area contributed by atoms with Gasteiger partial charge in [-0.25, -0.2) is 4.68 Å². The second-order valence-electron chi connectivity index (χ2n) is 9.03. The van der Waals surface area contributed by atoms with Crippen LogP contribution in [0.5, 0.6) is 17.2 Å². The van der Waals surface area contributed by atoms with E-state index < -0.39 is 0 Å². The van der Waals surface area contributed by atoms with Gasteiger partial charge in [-0.2, -0.15) is 5.10 Å². The van der Waals surface area contributed by atoms with Crippen LogP contribution in [0.1, 0.15) is 40.4 Å². The molecule has 2 aromatic carbocycles. The van der Waals surface area contributed by atoms with Crippen LogP contribution in [0, 0.1) is 0 Å². The van der Waals surface area contributed by atoms with Crippen LogP contribution < -0.4 is 14.2 Å². The van der Waals surface area contributed by atoms with Crippen molar-refractivity contribution < 1.29 is 19.0 Å². The SMILES string of the molecule is COc1ccc(CN2CCN(C(=O)c3cnn(-c4ccccc4)c3C3CC3)CC2)c(OC)c1OC. The first-order valence-electron chi connectivity index (χ1n) is 12.1. The quantitative estimate of drug-likeness (QED) is 0.494. The Balaban J connectivity index is 1.28. The van der Waals surface area contributed by atoms with E-state index in [1.807, 2.05) is 52.0 Å². The van der Waals surface area contributed by atoms with E-state index in [9.17, 15) is 4.79 Å². The fourth-order valence-electron chi connectivity index (χ4n) is 4.86. The van der Waals surface area contributed by atoms with Gasteiger partial charge in [-0.05, 0) is 31.0 Å². The van der Waals surface area contributed by atoms with Gasteiger partial charge >= 0.3 is 0 Å². The molecule has 8 nitrogen and oxygen atoms in total. The standard InChI is InChI=1S/C27H32N4O4/c1-33-23-12-11-20(25(34-2)26(23)35-3)18-29-13-15-30(16-14-29)27(32)22-17-28-31(24(22)19-9-10-19)21-7-5-4-6-8-21/h4-8,11-12,17,19H,9-10,13-16,18H2,1-3H3. The number of carbonyl (C=O) groups is 1. The zero-order valence-electron chi connectivity index (χ0n) is 20.6. The average Bonchev–Trinajstić information content (AvgIpc) is 3.66.